The van der Waals surface area contributed by atoms with Gasteiger partial charge in [0.2, 0.25) is 0 Å². The second kappa shape index (κ2) is 6.88. The van der Waals surface area contributed by atoms with Gasteiger partial charge in [-0.2, -0.15) is 5.10 Å². The normalized spacial score (nSPS) is 14.9. The van der Waals surface area contributed by atoms with Gasteiger partial charge in [-0.05, 0) is 45.7 Å². The van der Waals surface area contributed by atoms with E-state index in [4.69, 9.17) is 4.84 Å². The first-order valence-corrected chi connectivity index (χ1v) is 8.19. The van der Waals surface area contributed by atoms with Gasteiger partial charge in [0, 0.05) is 17.0 Å². The van der Waals surface area contributed by atoms with Crippen LogP contribution >= 0.6 is 0 Å². The highest BCUT2D eigenvalue weighted by molar-refractivity contribution is 6.00. The topological polar surface area (TPSA) is 52.3 Å². The van der Waals surface area contributed by atoms with Gasteiger partial charge in [-0.25, -0.2) is 9.67 Å². The Bertz CT molecular complexity index is 754. The van der Waals surface area contributed by atoms with Gasteiger partial charge in [0.15, 0.2) is 0 Å². The van der Waals surface area contributed by atoms with E-state index >= 15 is 0 Å². The van der Waals surface area contributed by atoms with Crippen LogP contribution in [-0.2, 0) is 11.4 Å². The maximum atomic E-state index is 5.61. The van der Waals surface area contributed by atoms with E-state index in [0.29, 0.717) is 12.5 Å². The molecule has 0 spiro atoms. The van der Waals surface area contributed by atoms with E-state index in [1.54, 1.807) is 11.0 Å². The van der Waals surface area contributed by atoms with Crippen molar-refractivity contribution in [2.24, 2.45) is 11.1 Å². The lowest BCUT2D eigenvalue weighted by atomic mass is 10.1. The molecule has 0 saturated heterocycles. The predicted octanol–water partition coefficient (Wildman–Crippen LogP) is 3.26. The fraction of sp³-hybridized carbons (Fsp3) is 0.421. The lowest BCUT2D eigenvalue weighted by Gasteiger charge is -2.17. The van der Waals surface area contributed by atoms with E-state index in [2.05, 4.69) is 27.1 Å². The van der Waals surface area contributed by atoms with Crippen LogP contribution in [0, 0.1) is 17.8 Å². The van der Waals surface area contributed by atoms with E-state index in [9.17, 15) is 0 Å². The summed E-state index contributed by atoms with van der Waals surface area (Å²) in [7, 11) is 0. The molecule has 1 aliphatic carbocycles. The molecule has 0 atom stereocenters. The molecule has 0 amide bonds. The average Bonchev–Trinajstić information content (AvgIpc) is 3.24. The molecule has 3 rings (SSSR count). The monoisotopic (exact) mass is 322 g/mol. The van der Waals surface area contributed by atoms with Gasteiger partial charge >= 0.3 is 0 Å². The molecule has 124 valence electrons. The third-order valence-corrected chi connectivity index (χ3v) is 3.42. The summed E-state index contributed by atoms with van der Waals surface area (Å²) in [4.78, 5) is 9.59. The van der Waals surface area contributed by atoms with E-state index in [1.807, 2.05) is 45.0 Å². The number of nitrogens with zero attached hydrogens (tertiary/aromatic N) is 4. The summed E-state index contributed by atoms with van der Waals surface area (Å²) in [5, 5.41) is 8.49. The highest BCUT2D eigenvalue weighted by atomic mass is 16.6. The van der Waals surface area contributed by atoms with Gasteiger partial charge in [-0.1, -0.05) is 29.1 Å². The highest BCUT2D eigenvalue weighted by Gasteiger charge is 2.17. The number of oxime groups is 1. The molecule has 1 saturated carbocycles. The average molecular weight is 322 g/mol. The first kappa shape index (κ1) is 16.3. The smallest absolute Gasteiger partial charge is 0.137 e. The van der Waals surface area contributed by atoms with Crippen molar-refractivity contribution in [2.75, 3.05) is 0 Å². The lowest BCUT2D eigenvalue weighted by molar-refractivity contribution is 0.000582. The summed E-state index contributed by atoms with van der Waals surface area (Å²) in [6, 6.07) is 8.11. The summed E-state index contributed by atoms with van der Waals surface area (Å²) in [5.41, 5.74) is 2.48. The zero-order valence-electron chi connectivity index (χ0n) is 14.4. The molecule has 0 N–H and O–H groups in total. The molecule has 0 unspecified atom stereocenters. The van der Waals surface area contributed by atoms with E-state index in [0.717, 1.165) is 16.8 Å². The summed E-state index contributed by atoms with van der Waals surface area (Å²) in [5.74, 6) is 7.11. The summed E-state index contributed by atoms with van der Waals surface area (Å²) in [6.07, 6.45) is 5.66. The maximum Gasteiger partial charge on any atom is 0.137 e. The van der Waals surface area contributed by atoms with Crippen molar-refractivity contribution in [3.63, 3.8) is 0 Å². The molecule has 5 nitrogen and oxygen atoms in total. The maximum absolute atomic E-state index is 5.61. The van der Waals surface area contributed by atoms with Crippen molar-refractivity contribution >= 4 is 5.71 Å². The molecular weight excluding hydrogens is 300 g/mol. The van der Waals surface area contributed by atoms with Crippen LogP contribution in [0.25, 0.3) is 0 Å². The molecule has 24 heavy (non-hydrogen) atoms. The van der Waals surface area contributed by atoms with Gasteiger partial charge in [-0.3, -0.25) is 0 Å². The minimum Gasteiger partial charge on any atom is -0.390 e. The second-order valence-electron chi connectivity index (χ2n) is 6.96. The van der Waals surface area contributed by atoms with Gasteiger partial charge in [0.25, 0.3) is 0 Å². The van der Waals surface area contributed by atoms with Crippen molar-refractivity contribution < 1.29 is 4.84 Å². The highest BCUT2D eigenvalue weighted by Crippen LogP contribution is 2.27. The Morgan fingerprint density at radius 3 is 2.62 bits per heavy atom. The van der Waals surface area contributed by atoms with Gasteiger partial charge in [0.05, 0.1) is 6.54 Å². The van der Waals surface area contributed by atoms with Crippen molar-refractivity contribution in [1.82, 2.24) is 14.8 Å². The standard InChI is InChI=1S/C19H22N4O/c1-19(2,3)24-22-18(12-23-14-20-13-21-23)17-10-8-16(9-11-17)7-6-15-4-5-15/h8-11,13-15H,4-5,12H2,1-3H3/b22-18+. The summed E-state index contributed by atoms with van der Waals surface area (Å²) < 4.78 is 1.73. The van der Waals surface area contributed by atoms with E-state index in [1.165, 1.54) is 19.2 Å². The van der Waals surface area contributed by atoms with Crippen LogP contribution in [-0.4, -0.2) is 26.1 Å². The predicted molar refractivity (Wildman–Crippen MR) is 93.4 cm³/mol. The third kappa shape index (κ3) is 4.95. The van der Waals surface area contributed by atoms with Crippen LogP contribution in [0.3, 0.4) is 0 Å². The Hall–Kier alpha value is -2.61. The van der Waals surface area contributed by atoms with Crippen LogP contribution < -0.4 is 0 Å². The molecule has 1 aliphatic rings. The molecule has 1 aromatic carbocycles. The van der Waals surface area contributed by atoms with Crippen LogP contribution in [0.5, 0.6) is 0 Å². The fourth-order valence-corrected chi connectivity index (χ4v) is 1.99. The van der Waals surface area contributed by atoms with Crippen molar-refractivity contribution in [1.29, 1.82) is 0 Å². The van der Waals surface area contributed by atoms with E-state index in [-0.39, 0.29) is 5.60 Å². The number of hydrogen-bond donors (Lipinski definition) is 0. The number of aromatic nitrogens is 3. The first-order chi connectivity index (χ1) is 11.5. The van der Waals surface area contributed by atoms with E-state index < -0.39 is 0 Å². The molecule has 0 radical (unpaired) electrons. The molecule has 1 heterocycles. The zero-order valence-corrected chi connectivity index (χ0v) is 14.4. The lowest BCUT2D eigenvalue weighted by Crippen LogP contribution is -2.19. The Morgan fingerprint density at radius 1 is 1.29 bits per heavy atom. The Kier molecular flexibility index (Phi) is 4.66. The molecule has 1 aromatic heterocycles. The Labute approximate surface area is 142 Å². The van der Waals surface area contributed by atoms with Crippen LogP contribution in [0.15, 0.2) is 42.1 Å². The van der Waals surface area contributed by atoms with Crippen LogP contribution in [0.2, 0.25) is 0 Å². The summed E-state index contributed by atoms with van der Waals surface area (Å²) in [6.45, 7) is 6.42. The molecule has 1 fully saturated rings. The quantitative estimate of drug-likeness (QED) is 0.493. The van der Waals surface area contributed by atoms with Crippen LogP contribution in [0.4, 0.5) is 0 Å². The molecular formula is C19H22N4O. The zero-order chi connectivity index (χ0) is 17.0. The number of benzene rings is 1. The van der Waals surface area contributed by atoms with Gasteiger partial charge in [-0.15, -0.1) is 0 Å². The SMILES string of the molecule is CC(C)(C)O/N=C(\Cn1cncn1)c1ccc(C#CC2CC2)cc1. The van der Waals surface area contributed by atoms with Crippen molar-refractivity contribution in [3.05, 3.63) is 48.0 Å². The fourth-order valence-electron chi connectivity index (χ4n) is 1.99. The molecule has 5 heteroatoms. The number of hydrogen-bond acceptors (Lipinski definition) is 4. The first-order valence-electron chi connectivity index (χ1n) is 8.19. The minimum atomic E-state index is -0.344. The molecule has 0 bridgehead atoms. The third-order valence-electron chi connectivity index (χ3n) is 3.42. The van der Waals surface area contributed by atoms with Gasteiger partial charge in [0.1, 0.15) is 24.0 Å². The van der Waals surface area contributed by atoms with Crippen molar-refractivity contribution in [2.45, 2.75) is 45.8 Å². The Balaban J connectivity index is 1.80. The molecule has 0 aliphatic heterocycles. The second-order valence-corrected chi connectivity index (χ2v) is 6.96. The largest absolute Gasteiger partial charge is 0.390 e. The van der Waals surface area contributed by atoms with Crippen molar-refractivity contribution in [3.8, 4) is 11.8 Å². The molecule has 2 aromatic rings. The van der Waals surface area contributed by atoms with Crippen LogP contribution in [0.1, 0.15) is 44.7 Å². The van der Waals surface area contributed by atoms with Gasteiger partial charge < -0.3 is 4.84 Å². The summed E-state index contributed by atoms with van der Waals surface area (Å²) >= 11 is 0. The number of rotatable bonds is 4. The minimum absolute atomic E-state index is 0.344. The Morgan fingerprint density at radius 2 is 2.04 bits per heavy atom.